The van der Waals surface area contributed by atoms with E-state index >= 15 is 0 Å². The van der Waals surface area contributed by atoms with Gasteiger partial charge in [-0.15, -0.1) is 0 Å². The van der Waals surface area contributed by atoms with Crippen molar-refractivity contribution in [3.8, 4) is 0 Å². The molecule has 0 amide bonds. The predicted octanol–water partition coefficient (Wildman–Crippen LogP) is 0.0545. The van der Waals surface area contributed by atoms with E-state index in [1.165, 1.54) is 12.8 Å². The molecule has 0 aliphatic carbocycles. The first kappa shape index (κ1) is 12.9. The summed E-state index contributed by atoms with van der Waals surface area (Å²) in [7, 11) is 2.05. The average molecular weight is 216 g/mol. The van der Waals surface area contributed by atoms with Crippen molar-refractivity contribution in [3.05, 3.63) is 0 Å². The summed E-state index contributed by atoms with van der Waals surface area (Å²) in [6, 6.07) is 0. The Kier molecular flexibility index (Phi) is 4.99. The fourth-order valence-corrected chi connectivity index (χ4v) is 2.12. The normalized spacial score (nSPS) is 26.6. The molecule has 0 aromatic heterocycles. The van der Waals surface area contributed by atoms with Crippen LogP contribution in [0.5, 0.6) is 0 Å². The Morgan fingerprint density at radius 2 is 2.33 bits per heavy atom. The molecule has 2 unspecified atom stereocenters. The molecule has 0 bridgehead atoms. The van der Waals surface area contributed by atoms with Gasteiger partial charge in [0.05, 0.1) is 13.2 Å². The second-order valence-corrected chi connectivity index (χ2v) is 5.09. The van der Waals surface area contributed by atoms with E-state index in [1.54, 1.807) is 0 Å². The zero-order valence-electron chi connectivity index (χ0n) is 9.91. The van der Waals surface area contributed by atoms with Crippen molar-refractivity contribution in [2.75, 3.05) is 40.0 Å². The van der Waals surface area contributed by atoms with Crippen molar-refractivity contribution >= 4 is 0 Å². The number of aliphatic hydroxyl groups is 1. The summed E-state index contributed by atoms with van der Waals surface area (Å²) in [4.78, 5) is 2.19. The molecule has 2 atom stereocenters. The van der Waals surface area contributed by atoms with Crippen molar-refractivity contribution in [1.29, 1.82) is 0 Å². The summed E-state index contributed by atoms with van der Waals surface area (Å²) >= 11 is 0. The van der Waals surface area contributed by atoms with Crippen LogP contribution in [0.1, 0.15) is 19.8 Å². The fraction of sp³-hybridized carbons (Fsp3) is 1.00. The van der Waals surface area contributed by atoms with Gasteiger partial charge in [-0.25, -0.2) is 0 Å². The second kappa shape index (κ2) is 5.80. The van der Waals surface area contributed by atoms with Crippen LogP contribution in [0.15, 0.2) is 0 Å². The van der Waals surface area contributed by atoms with Crippen LogP contribution in [0.4, 0.5) is 0 Å². The lowest BCUT2D eigenvalue weighted by molar-refractivity contribution is 0.0377. The van der Waals surface area contributed by atoms with Gasteiger partial charge >= 0.3 is 0 Å². The Hall–Kier alpha value is -0.160. The maximum Gasteiger partial charge on any atom is 0.0621 e. The summed E-state index contributed by atoms with van der Waals surface area (Å²) in [6.07, 6.45) is 2.41. The summed E-state index contributed by atoms with van der Waals surface area (Å²) in [5.41, 5.74) is 5.40. The van der Waals surface area contributed by atoms with Gasteiger partial charge in [0, 0.05) is 25.2 Å². The number of hydrogen-bond acceptors (Lipinski definition) is 4. The zero-order chi connectivity index (χ0) is 11.3. The minimum atomic E-state index is -0.496. The van der Waals surface area contributed by atoms with E-state index < -0.39 is 5.54 Å². The Bertz CT molecular complexity index is 179. The first-order valence-corrected chi connectivity index (χ1v) is 5.69. The molecule has 1 fully saturated rings. The van der Waals surface area contributed by atoms with Gasteiger partial charge in [-0.3, -0.25) is 0 Å². The highest BCUT2D eigenvalue weighted by atomic mass is 16.5. The van der Waals surface area contributed by atoms with Gasteiger partial charge in [0.25, 0.3) is 0 Å². The molecule has 1 saturated heterocycles. The number of nitrogens with zero attached hydrogens (tertiary/aromatic N) is 1. The number of nitrogens with two attached hydrogens (primary N) is 1. The van der Waals surface area contributed by atoms with Crippen LogP contribution in [0.25, 0.3) is 0 Å². The first-order chi connectivity index (χ1) is 7.03. The van der Waals surface area contributed by atoms with Crippen molar-refractivity contribution in [1.82, 2.24) is 4.90 Å². The molecule has 3 N–H and O–H groups in total. The molecule has 0 radical (unpaired) electrons. The predicted molar refractivity (Wildman–Crippen MR) is 60.7 cm³/mol. The molecule has 1 aliphatic heterocycles. The molecule has 90 valence electrons. The van der Waals surface area contributed by atoms with Crippen LogP contribution < -0.4 is 5.73 Å². The van der Waals surface area contributed by atoms with Gasteiger partial charge in [-0.1, -0.05) is 0 Å². The summed E-state index contributed by atoms with van der Waals surface area (Å²) < 4.78 is 5.43. The second-order valence-electron chi connectivity index (χ2n) is 5.09. The SMILES string of the molecule is CN(CC1CCCOC1)CC(C)(N)CO. The highest BCUT2D eigenvalue weighted by Gasteiger charge is 2.22. The number of hydrogen-bond donors (Lipinski definition) is 2. The van der Waals surface area contributed by atoms with E-state index in [0.717, 1.165) is 26.3 Å². The molecular formula is C11H24N2O2. The minimum Gasteiger partial charge on any atom is -0.394 e. The van der Waals surface area contributed by atoms with Gasteiger partial charge in [-0.2, -0.15) is 0 Å². The van der Waals surface area contributed by atoms with Crippen molar-refractivity contribution in [2.24, 2.45) is 11.7 Å². The van der Waals surface area contributed by atoms with Crippen LogP contribution in [0.2, 0.25) is 0 Å². The van der Waals surface area contributed by atoms with Crippen LogP contribution in [-0.2, 0) is 4.74 Å². The van der Waals surface area contributed by atoms with E-state index in [2.05, 4.69) is 11.9 Å². The topological polar surface area (TPSA) is 58.7 Å². The molecule has 0 spiro atoms. The van der Waals surface area contributed by atoms with E-state index in [4.69, 9.17) is 15.6 Å². The number of ether oxygens (including phenoxy) is 1. The van der Waals surface area contributed by atoms with Gasteiger partial charge in [-0.05, 0) is 32.7 Å². The van der Waals surface area contributed by atoms with Gasteiger partial charge in [0.2, 0.25) is 0 Å². The van der Waals surface area contributed by atoms with Gasteiger partial charge in [0.1, 0.15) is 0 Å². The lowest BCUT2D eigenvalue weighted by Gasteiger charge is -2.32. The van der Waals surface area contributed by atoms with E-state index in [1.807, 2.05) is 6.92 Å². The summed E-state index contributed by atoms with van der Waals surface area (Å²) in [5, 5.41) is 9.07. The van der Waals surface area contributed by atoms with Crippen LogP contribution >= 0.6 is 0 Å². The minimum absolute atomic E-state index is 0.0263. The van der Waals surface area contributed by atoms with Crippen molar-refractivity contribution in [2.45, 2.75) is 25.3 Å². The molecule has 1 aliphatic rings. The van der Waals surface area contributed by atoms with Gasteiger partial charge in [0.15, 0.2) is 0 Å². The fourth-order valence-electron chi connectivity index (χ4n) is 2.12. The quantitative estimate of drug-likeness (QED) is 0.682. The molecule has 1 heterocycles. The van der Waals surface area contributed by atoms with E-state index in [0.29, 0.717) is 5.92 Å². The maximum absolute atomic E-state index is 9.07. The third-order valence-electron chi connectivity index (χ3n) is 2.82. The first-order valence-electron chi connectivity index (χ1n) is 5.69. The molecule has 4 heteroatoms. The molecule has 15 heavy (non-hydrogen) atoms. The van der Waals surface area contributed by atoms with E-state index in [-0.39, 0.29) is 6.61 Å². The average Bonchev–Trinajstić information content (AvgIpc) is 2.18. The maximum atomic E-state index is 9.07. The highest BCUT2D eigenvalue weighted by Crippen LogP contribution is 2.15. The molecular weight excluding hydrogens is 192 g/mol. The molecule has 1 rings (SSSR count). The summed E-state index contributed by atoms with van der Waals surface area (Å²) in [6.45, 7) is 5.41. The van der Waals surface area contributed by atoms with E-state index in [9.17, 15) is 0 Å². The number of rotatable bonds is 5. The third kappa shape index (κ3) is 4.93. The highest BCUT2D eigenvalue weighted by molar-refractivity contribution is 4.81. The lowest BCUT2D eigenvalue weighted by atomic mass is 10.00. The monoisotopic (exact) mass is 216 g/mol. The van der Waals surface area contributed by atoms with Crippen LogP contribution in [-0.4, -0.2) is 55.5 Å². The standard InChI is InChI=1S/C11H24N2O2/c1-11(12,9-14)8-13(2)6-10-4-3-5-15-7-10/h10,14H,3-9,12H2,1-2H3. The largest absolute Gasteiger partial charge is 0.394 e. The zero-order valence-corrected chi connectivity index (χ0v) is 9.91. The molecule has 0 aromatic carbocycles. The van der Waals surface area contributed by atoms with Gasteiger partial charge < -0.3 is 20.5 Å². The Labute approximate surface area is 92.4 Å². The Morgan fingerprint density at radius 3 is 2.87 bits per heavy atom. The number of likely N-dealkylation sites (N-methyl/N-ethyl adjacent to an activating group) is 1. The Balaban J connectivity index is 2.25. The molecule has 0 aromatic rings. The Morgan fingerprint density at radius 1 is 1.60 bits per heavy atom. The summed E-state index contributed by atoms with van der Waals surface area (Å²) in [5.74, 6) is 0.623. The lowest BCUT2D eigenvalue weighted by Crippen LogP contribution is -2.50. The smallest absolute Gasteiger partial charge is 0.0621 e. The van der Waals surface area contributed by atoms with Crippen LogP contribution in [0, 0.1) is 5.92 Å². The van der Waals surface area contributed by atoms with Crippen LogP contribution in [0.3, 0.4) is 0 Å². The molecule has 4 nitrogen and oxygen atoms in total. The molecule has 0 saturated carbocycles. The number of aliphatic hydroxyl groups excluding tert-OH is 1. The third-order valence-corrected chi connectivity index (χ3v) is 2.82. The van der Waals surface area contributed by atoms with Crippen molar-refractivity contribution in [3.63, 3.8) is 0 Å². The van der Waals surface area contributed by atoms with Crippen molar-refractivity contribution < 1.29 is 9.84 Å².